The third kappa shape index (κ3) is 1.66. The van der Waals surface area contributed by atoms with E-state index in [0.29, 0.717) is 24.5 Å². The molecule has 4 nitrogen and oxygen atoms in total. The Morgan fingerprint density at radius 1 is 1.21 bits per heavy atom. The molecule has 0 aliphatic carbocycles. The number of rotatable bonds is 3. The van der Waals surface area contributed by atoms with Crippen molar-refractivity contribution in [1.29, 1.82) is 0 Å². The smallest absolute Gasteiger partial charge is 0.243 e. The van der Waals surface area contributed by atoms with Crippen LogP contribution in [0, 0.1) is 0 Å². The average Bonchev–Trinajstić information content (AvgIpc) is 3.01. The number of nitrogens with zero attached hydrogens (tertiary/aromatic N) is 1. The van der Waals surface area contributed by atoms with Crippen molar-refractivity contribution in [2.75, 3.05) is 13.1 Å². The van der Waals surface area contributed by atoms with Crippen molar-refractivity contribution in [3.8, 4) is 0 Å². The molecule has 0 bridgehead atoms. The molecule has 0 atom stereocenters. The van der Waals surface area contributed by atoms with Gasteiger partial charge in [0.15, 0.2) is 0 Å². The van der Waals surface area contributed by atoms with E-state index in [-0.39, 0.29) is 0 Å². The number of hydrogen-bond acceptors (Lipinski definition) is 3. The van der Waals surface area contributed by atoms with Crippen molar-refractivity contribution in [2.45, 2.75) is 11.4 Å². The molecule has 2 N–H and O–H groups in total. The van der Waals surface area contributed by atoms with Gasteiger partial charge in [-0.1, -0.05) is 12.1 Å². The van der Waals surface area contributed by atoms with Crippen molar-refractivity contribution >= 4 is 10.0 Å². The normalized spacial score (nSPS) is 16.9. The Labute approximate surface area is 83.4 Å². The van der Waals surface area contributed by atoms with E-state index in [1.807, 2.05) is 0 Å². The molecule has 14 heavy (non-hydrogen) atoms. The van der Waals surface area contributed by atoms with Gasteiger partial charge in [0.25, 0.3) is 0 Å². The highest BCUT2D eigenvalue weighted by Crippen LogP contribution is 2.21. The highest BCUT2D eigenvalue weighted by atomic mass is 32.2. The minimum Gasteiger partial charge on any atom is -0.326 e. The minimum absolute atomic E-state index is 0.354. The van der Waals surface area contributed by atoms with Gasteiger partial charge < -0.3 is 5.73 Å². The van der Waals surface area contributed by atoms with Crippen molar-refractivity contribution in [1.82, 2.24) is 4.31 Å². The predicted octanol–water partition coefficient (Wildman–Crippen LogP) is 0.150. The molecule has 0 aromatic heterocycles. The summed E-state index contributed by atoms with van der Waals surface area (Å²) in [5, 5.41) is 0. The summed E-state index contributed by atoms with van der Waals surface area (Å²) >= 11 is 0. The first-order chi connectivity index (χ1) is 6.64. The van der Waals surface area contributed by atoms with Crippen molar-refractivity contribution in [3.63, 3.8) is 0 Å². The van der Waals surface area contributed by atoms with E-state index in [1.165, 1.54) is 4.31 Å². The maximum Gasteiger partial charge on any atom is 0.243 e. The molecule has 0 saturated carbocycles. The summed E-state index contributed by atoms with van der Waals surface area (Å²) in [6.45, 7) is 1.71. The summed E-state index contributed by atoms with van der Waals surface area (Å²) < 4.78 is 24.8. The second kappa shape index (κ2) is 3.34. The summed E-state index contributed by atoms with van der Waals surface area (Å²) in [5.41, 5.74) is 6.36. The summed E-state index contributed by atoms with van der Waals surface area (Å²) in [6, 6.07) is 6.71. The highest BCUT2D eigenvalue weighted by Gasteiger charge is 2.32. The van der Waals surface area contributed by atoms with E-state index in [2.05, 4.69) is 0 Å². The molecule has 1 aromatic carbocycles. The molecule has 2 rings (SSSR count). The molecular weight excluding hydrogens is 200 g/mol. The molecule has 1 aliphatic rings. The fourth-order valence-corrected chi connectivity index (χ4v) is 2.57. The van der Waals surface area contributed by atoms with Gasteiger partial charge in [-0.15, -0.1) is 0 Å². The summed E-state index contributed by atoms with van der Waals surface area (Å²) in [5.74, 6) is 0. The number of sulfonamides is 1. The highest BCUT2D eigenvalue weighted by molar-refractivity contribution is 7.89. The van der Waals surface area contributed by atoms with Crippen LogP contribution in [0.15, 0.2) is 29.2 Å². The van der Waals surface area contributed by atoms with Crippen LogP contribution in [0.3, 0.4) is 0 Å². The van der Waals surface area contributed by atoms with E-state index < -0.39 is 10.0 Å². The Bertz CT molecular complexity index is 421. The lowest BCUT2D eigenvalue weighted by molar-refractivity contribution is 0.563. The molecule has 1 saturated heterocycles. The lowest BCUT2D eigenvalue weighted by Gasteiger charge is -2.04. The van der Waals surface area contributed by atoms with E-state index in [1.54, 1.807) is 24.3 Å². The van der Waals surface area contributed by atoms with Gasteiger partial charge in [0.2, 0.25) is 10.0 Å². The molecule has 5 heteroatoms. The van der Waals surface area contributed by atoms with Crippen LogP contribution in [0.4, 0.5) is 0 Å². The summed E-state index contributed by atoms with van der Waals surface area (Å²) in [4.78, 5) is 0.354. The molecule has 1 aromatic rings. The van der Waals surface area contributed by atoms with Crippen LogP contribution in [0.1, 0.15) is 5.56 Å². The van der Waals surface area contributed by atoms with E-state index in [9.17, 15) is 8.42 Å². The molecule has 1 aliphatic heterocycles. The fourth-order valence-electron chi connectivity index (χ4n) is 1.23. The van der Waals surface area contributed by atoms with Crippen LogP contribution in [0.5, 0.6) is 0 Å². The quantitative estimate of drug-likeness (QED) is 0.725. The zero-order valence-corrected chi connectivity index (χ0v) is 8.50. The molecule has 1 heterocycles. The van der Waals surface area contributed by atoms with Crippen molar-refractivity contribution in [2.24, 2.45) is 5.73 Å². The van der Waals surface area contributed by atoms with Gasteiger partial charge in [-0.05, 0) is 17.7 Å². The van der Waals surface area contributed by atoms with E-state index >= 15 is 0 Å². The Morgan fingerprint density at radius 3 is 2.21 bits per heavy atom. The molecule has 0 radical (unpaired) electrons. The molecule has 0 unspecified atom stereocenters. The Kier molecular flexibility index (Phi) is 2.30. The van der Waals surface area contributed by atoms with Gasteiger partial charge in [0, 0.05) is 19.6 Å². The maximum atomic E-state index is 11.7. The topological polar surface area (TPSA) is 63.2 Å². The average molecular weight is 212 g/mol. The van der Waals surface area contributed by atoms with Crippen LogP contribution < -0.4 is 5.73 Å². The largest absolute Gasteiger partial charge is 0.326 e. The monoisotopic (exact) mass is 212 g/mol. The van der Waals surface area contributed by atoms with Crippen LogP contribution in [-0.2, 0) is 16.6 Å². The summed E-state index contributed by atoms with van der Waals surface area (Å²) in [6.07, 6.45) is 0. The Morgan fingerprint density at radius 2 is 1.79 bits per heavy atom. The van der Waals surface area contributed by atoms with Gasteiger partial charge in [0.1, 0.15) is 0 Å². The number of benzene rings is 1. The molecule has 0 amide bonds. The Hall–Kier alpha value is -0.910. The van der Waals surface area contributed by atoms with Crippen LogP contribution in [0.2, 0.25) is 0 Å². The third-order valence-corrected chi connectivity index (χ3v) is 4.12. The fraction of sp³-hybridized carbons (Fsp3) is 0.333. The maximum absolute atomic E-state index is 11.7. The lowest BCUT2D eigenvalue weighted by Crippen LogP contribution is -2.11. The zero-order chi connectivity index (χ0) is 10.2. The van der Waals surface area contributed by atoms with Crippen molar-refractivity contribution in [3.05, 3.63) is 29.8 Å². The Balaban J connectivity index is 2.33. The SMILES string of the molecule is NCc1ccc(S(=O)(=O)N2CC2)cc1. The molecule has 1 fully saturated rings. The first-order valence-electron chi connectivity index (χ1n) is 4.44. The second-order valence-corrected chi connectivity index (χ2v) is 5.19. The van der Waals surface area contributed by atoms with Crippen LogP contribution in [-0.4, -0.2) is 25.8 Å². The lowest BCUT2D eigenvalue weighted by atomic mass is 10.2. The predicted molar refractivity (Wildman–Crippen MR) is 53.1 cm³/mol. The molecule has 76 valence electrons. The molecular formula is C9H12N2O2S. The molecule has 0 spiro atoms. The van der Waals surface area contributed by atoms with Gasteiger partial charge >= 0.3 is 0 Å². The zero-order valence-electron chi connectivity index (χ0n) is 7.68. The third-order valence-electron chi connectivity index (χ3n) is 2.20. The standard InChI is InChI=1S/C9H12N2O2S/c10-7-8-1-3-9(4-2-8)14(12,13)11-5-6-11/h1-4H,5-7,10H2. The minimum atomic E-state index is -3.20. The van der Waals surface area contributed by atoms with Gasteiger partial charge in [0.05, 0.1) is 4.90 Å². The number of nitrogens with two attached hydrogens (primary N) is 1. The van der Waals surface area contributed by atoms with Crippen LogP contribution in [0.25, 0.3) is 0 Å². The van der Waals surface area contributed by atoms with Crippen LogP contribution >= 0.6 is 0 Å². The van der Waals surface area contributed by atoms with Gasteiger partial charge in [-0.3, -0.25) is 0 Å². The van der Waals surface area contributed by atoms with E-state index in [4.69, 9.17) is 5.73 Å². The first-order valence-corrected chi connectivity index (χ1v) is 5.88. The van der Waals surface area contributed by atoms with Gasteiger partial charge in [-0.25, -0.2) is 8.42 Å². The van der Waals surface area contributed by atoms with Crippen molar-refractivity contribution < 1.29 is 8.42 Å². The first kappa shape index (κ1) is 9.64. The second-order valence-electron chi connectivity index (χ2n) is 3.25. The van der Waals surface area contributed by atoms with Gasteiger partial charge in [-0.2, -0.15) is 4.31 Å². The summed E-state index contributed by atoms with van der Waals surface area (Å²) in [7, 11) is -3.20. The van der Waals surface area contributed by atoms with E-state index in [0.717, 1.165) is 5.56 Å². The number of hydrogen-bond donors (Lipinski definition) is 1.